The highest BCUT2D eigenvalue weighted by Crippen LogP contribution is 2.36. The number of alkyl halides is 2. The Kier molecular flexibility index (Phi) is 3.02. The Labute approximate surface area is 105 Å². The van der Waals surface area contributed by atoms with E-state index in [1.54, 1.807) is 7.05 Å². The van der Waals surface area contributed by atoms with Gasteiger partial charge in [-0.05, 0) is 33.8 Å². The van der Waals surface area contributed by atoms with Gasteiger partial charge in [-0.2, -0.15) is 5.10 Å². The molecule has 0 atom stereocenters. The molecule has 0 unspecified atom stereocenters. The van der Waals surface area contributed by atoms with Crippen LogP contribution in [-0.2, 0) is 16.4 Å². The van der Waals surface area contributed by atoms with E-state index < -0.39 is 24.7 Å². The van der Waals surface area contributed by atoms with Gasteiger partial charge in [0.1, 0.15) is 5.69 Å². The van der Waals surface area contributed by atoms with Crippen molar-refractivity contribution < 1.29 is 18.1 Å². The zero-order valence-corrected chi connectivity index (χ0v) is 11.2. The maximum atomic E-state index is 12.6. The maximum Gasteiger partial charge on any atom is 0.514 e. The van der Waals surface area contributed by atoms with Crippen molar-refractivity contribution in [2.45, 2.75) is 45.3 Å². The monoisotopic (exact) mass is 258 g/mol. The summed E-state index contributed by atoms with van der Waals surface area (Å²) in [4.78, 5) is 0. The number of aryl methyl sites for hydroxylation is 1. The number of halogens is 2. The van der Waals surface area contributed by atoms with Gasteiger partial charge in [0.25, 0.3) is 6.43 Å². The van der Waals surface area contributed by atoms with Gasteiger partial charge in [-0.1, -0.05) is 0 Å². The van der Waals surface area contributed by atoms with Gasteiger partial charge in [0, 0.05) is 7.05 Å². The van der Waals surface area contributed by atoms with E-state index >= 15 is 0 Å². The second-order valence-electron chi connectivity index (χ2n) is 5.51. The fraction of sp³-hybridized carbons (Fsp3) is 0.727. The average Bonchev–Trinajstić information content (AvgIpc) is 2.66. The van der Waals surface area contributed by atoms with Crippen molar-refractivity contribution in [2.75, 3.05) is 0 Å². The molecule has 0 radical (unpaired) electrons. The van der Waals surface area contributed by atoms with E-state index in [-0.39, 0.29) is 5.69 Å². The Morgan fingerprint density at radius 1 is 1.22 bits per heavy atom. The lowest BCUT2D eigenvalue weighted by Gasteiger charge is -2.32. The zero-order chi connectivity index (χ0) is 13.7. The van der Waals surface area contributed by atoms with Gasteiger partial charge < -0.3 is 9.31 Å². The van der Waals surface area contributed by atoms with Crippen LogP contribution in [0.15, 0.2) is 6.07 Å². The lowest BCUT2D eigenvalue weighted by atomic mass is 9.84. The number of hydrogen-bond donors (Lipinski definition) is 0. The lowest BCUT2D eigenvalue weighted by molar-refractivity contribution is 0.00578. The van der Waals surface area contributed by atoms with Crippen LogP contribution in [0.5, 0.6) is 0 Å². The van der Waals surface area contributed by atoms with Crippen molar-refractivity contribution in [1.29, 1.82) is 0 Å². The van der Waals surface area contributed by atoms with Crippen LogP contribution in [0.4, 0.5) is 8.78 Å². The molecule has 1 aromatic heterocycles. The Morgan fingerprint density at radius 2 is 1.72 bits per heavy atom. The normalized spacial score (nSPS) is 21.9. The van der Waals surface area contributed by atoms with Crippen LogP contribution in [0, 0.1) is 0 Å². The number of hydrogen-bond acceptors (Lipinski definition) is 3. The van der Waals surface area contributed by atoms with Gasteiger partial charge in [0.2, 0.25) is 0 Å². The van der Waals surface area contributed by atoms with Crippen LogP contribution >= 0.6 is 0 Å². The third-order valence-corrected chi connectivity index (χ3v) is 3.65. The molecule has 1 saturated heterocycles. The maximum absolute atomic E-state index is 12.6. The van der Waals surface area contributed by atoms with Gasteiger partial charge in [-0.25, -0.2) is 8.78 Å². The third kappa shape index (κ3) is 2.05. The first-order valence-electron chi connectivity index (χ1n) is 5.82. The molecule has 0 amide bonds. The highest BCUT2D eigenvalue weighted by Gasteiger charge is 2.52. The van der Waals surface area contributed by atoms with Gasteiger partial charge in [-0.3, -0.25) is 4.68 Å². The number of nitrogens with zero attached hydrogens (tertiary/aromatic N) is 2. The smallest absolute Gasteiger partial charge is 0.398 e. The summed E-state index contributed by atoms with van der Waals surface area (Å²) in [7, 11) is 0.937. The number of rotatable bonds is 2. The third-order valence-electron chi connectivity index (χ3n) is 3.65. The molecular formula is C11H17BF2N2O2. The molecule has 1 aliphatic rings. The second kappa shape index (κ2) is 4.03. The first-order valence-corrected chi connectivity index (χ1v) is 5.82. The summed E-state index contributed by atoms with van der Waals surface area (Å²) in [6, 6.07) is 1.33. The van der Waals surface area contributed by atoms with E-state index in [1.165, 1.54) is 10.7 Å². The molecule has 0 saturated carbocycles. The molecule has 0 N–H and O–H groups in total. The van der Waals surface area contributed by atoms with Gasteiger partial charge in [0.15, 0.2) is 0 Å². The van der Waals surface area contributed by atoms with Crippen LogP contribution in [0.2, 0.25) is 0 Å². The molecule has 1 aromatic rings. The van der Waals surface area contributed by atoms with E-state index in [4.69, 9.17) is 9.31 Å². The second-order valence-corrected chi connectivity index (χ2v) is 5.51. The summed E-state index contributed by atoms with van der Waals surface area (Å²) >= 11 is 0. The summed E-state index contributed by atoms with van der Waals surface area (Å²) in [5, 5.41) is 3.76. The largest absolute Gasteiger partial charge is 0.514 e. The van der Waals surface area contributed by atoms with Crippen molar-refractivity contribution in [3.05, 3.63) is 11.8 Å². The standard InChI is InChI=1S/C11H17BF2N2O2/c1-10(2)11(3,4)18-12(17-10)8-6-7(9(13)14)15-16(8)5/h6,9H,1-5H3. The fourth-order valence-electron chi connectivity index (χ4n) is 1.80. The van der Waals surface area contributed by atoms with Gasteiger partial charge in [-0.15, -0.1) is 0 Å². The summed E-state index contributed by atoms with van der Waals surface area (Å²) in [5.41, 5.74) is -0.744. The predicted octanol–water partition coefficient (Wildman–Crippen LogP) is 1.66. The summed E-state index contributed by atoms with van der Waals surface area (Å²) in [6.45, 7) is 7.66. The first-order chi connectivity index (χ1) is 8.14. The van der Waals surface area contributed by atoms with Crippen LogP contribution < -0.4 is 5.59 Å². The number of aromatic nitrogens is 2. The van der Waals surface area contributed by atoms with Crippen LogP contribution in [-0.4, -0.2) is 28.1 Å². The highest BCUT2D eigenvalue weighted by molar-refractivity contribution is 6.61. The van der Waals surface area contributed by atoms with E-state index in [1.807, 2.05) is 27.7 Å². The van der Waals surface area contributed by atoms with Crippen molar-refractivity contribution in [3.8, 4) is 0 Å². The Hall–Kier alpha value is -0.945. The van der Waals surface area contributed by atoms with Crippen molar-refractivity contribution in [2.24, 2.45) is 7.05 Å². The quantitative estimate of drug-likeness (QED) is 0.757. The van der Waals surface area contributed by atoms with Crippen LogP contribution in [0.3, 0.4) is 0 Å². The zero-order valence-electron chi connectivity index (χ0n) is 11.2. The molecule has 0 spiro atoms. The van der Waals surface area contributed by atoms with Gasteiger partial charge >= 0.3 is 7.12 Å². The van der Waals surface area contributed by atoms with Crippen LogP contribution in [0.25, 0.3) is 0 Å². The van der Waals surface area contributed by atoms with Crippen molar-refractivity contribution in [3.63, 3.8) is 0 Å². The summed E-state index contributed by atoms with van der Waals surface area (Å²) in [6.07, 6.45) is -2.59. The molecule has 2 rings (SSSR count). The molecule has 18 heavy (non-hydrogen) atoms. The minimum absolute atomic E-state index is 0.262. The summed E-state index contributed by atoms with van der Waals surface area (Å²) < 4.78 is 38.2. The van der Waals surface area contributed by atoms with Crippen LogP contribution in [0.1, 0.15) is 39.8 Å². The Morgan fingerprint density at radius 3 is 2.11 bits per heavy atom. The minimum atomic E-state index is -2.59. The first kappa shape index (κ1) is 13.5. The van der Waals surface area contributed by atoms with Gasteiger partial charge in [0.05, 0.1) is 16.8 Å². The molecule has 4 nitrogen and oxygen atoms in total. The average molecular weight is 258 g/mol. The van der Waals surface area contributed by atoms with E-state index in [2.05, 4.69) is 5.10 Å². The van der Waals surface area contributed by atoms with Crippen molar-refractivity contribution >= 4 is 12.7 Å². The lowest BCUT2D eigenvalue weighted by Crippen LogP contribution is -2.41. The topological polar surface area (TPSA) is 36.3 Å². The fourth-order valence-corrected chi connectivity index (χ4v) is 1.80. The predicted molar refractivity (Wildman–Crippen MR) is 63.9 cm³/mol. The van der Waals surface area contributed by atoms with E-state index in [0.29, 0.717) is 5.59 Å². The highest BCUT2D eigenvalue weighted by atomic mass is 19.3. The molecular weight excluding hydrogens is 241 g/mol. The minimum Gasteiger partial charge on any atom is -0.398 e. The molecule has 1 aliphatic heterocycles. The van der Waals surface area contributed by atoms with E-state index in [9.17, 15) is 8.78 Å². The molecule has 7 heteroatoms. The SMILES string of the molecule is Cn1nc(C(F)F)cc1B1OC(C)(C)C(C)(C)O1. The Balaban J connectivity index is 2.30. The Bertz CT molecular complexity index is 444. The molecule has 0 aliphatic carbocycles. The summed E-state index contributed by atoms with van der Waals surface area (Å²) in [5.74, 6) is 0. The molecule has 1 fully saturated rings. The molecule has 0 bridgehead atoms. The van der Waals surface area contributed by atoms with Crippen molar-refractivity contribution in [1.82, 2.24) is 9.78 Å². The molecule has 2 heterocycles. The van der Waals surface area contributed by atoms with E-state index in [0.717, 1.165) is 0 Å². The molecule has 100 valence electrons. The molecule has 0 aromatic carbocycles.